The lowest BCUT2D eigenvalue weighted by Gasteiger charge is -2.16. The number of anilines is 2. The first-order valence-corrected chi connectivity index (χ1v) is 8.20. The molecule has 0 unspecified atom stereocenters. The number of carbonyl (C=O) groups is 2. The van der Waals surface area contributed by atoms with E-state index in [1.54, 1.807) is 12.1 Å². The second kappa shape index (κ2) is 6.16. The summed E-state index contributed by atoms with van der Waals surface area (Å²) >= 11 is 3.35. The third-order valence-corrected chi connectivity index (χ3v) is 4.32. The van der Waals surface area contributed by atoms with E-state index >= 15 is 0 Å². The van der Waals surface area contributed by atoms with Crippen LogP contribution in [-0.4, -0.2) is 17.9 Å². The minimum Gasteiger partial charge on any atom is -0.373 e. The van der Waals surface area contributed by atoms with Crippen molar-refractivity contribution < 1.29 is 9.59 Å². The molecular weight excluding hydrogens is 356 g/mol. The van der Waals surface area contributed by atoms with Gasteiger partial charge in [-0.05, 0) is 61.4 Å². The van der Waals surface area contributed by atoms with Crippen LogP contribution in [0, 0.1) is 13.8 Å². The van der Waals surface area contributed by atoms with Crippen LogP contribution < -0.4 is 10.2 Å². The Morgan fingerprint density at radius 1 is 1.04 bits per heavy atom. The first-order valence-electron chi connectivity index (χ1n) is 7.41. The number of hydrogen-bond acceptors (Lipinski definition) is 3. The van der Waals surface area contributed by atoms with Crippen LogP contribution in [0.15, 0.2) is 46.9 Å². The fourth-order valence-corrected chi connectivity index (χ4v) is 3.13. The topological polar surface area (TPSA) is 49.4 Å². The Morgan fingerprint density at radius 3 is 2.26 bits per heavy atom. The zero-order valence-electron chi connectivity index (χ0n) is 13.0. The number of halogens is 1. The average Bonchev–Trinajstić information content (AvgIpc) is 2.74. The molecule has 1 N–H and O–H groups in total. The number of aryl methyl sites for hydroxylation is 2. The average molecular weight is 373 g/mol. The summed E-state index contributed by atoms with van der Waals surface area (Å²) in [4.78, 5) is 26.1. The number of benzene rings is 2. The summed E-state index contributed by atoms with van der Waals surface area (Å²) in [6.45, 7) is 4.02. The Labute approximate surface area is 143 Å². The Hall–Kier alpha value is -2.14. The molecule has 0 saturated carbocycles. The molecule has 1 heterocycles. The Balaban J connectivity index is 1.82. The molecule has 1 aliphatic rings. The van der Waals surface area contributed by atoms with Gasteiger partial charge in [0, 0.05) is 10.2 Å². The van der Waals surface area contributed by atoms with E-state index in [9.17, 15) is 9.59 Å². The Kier molecular flexibility index (Phi) is 4.22. The number of hydrogen-bond donors (Lipinski definition) is 1. The maximum absolute atomic E-state index is 12.6. The normalized spacial score (nSPS) is 17.7. The molecule has 2 amide bonds. The van der Waals surface area contributed by atoms with Crippen molar-refractivity contribution >= 4 is 39.1 Å². The van der Waals surface area contributed by atoms with Gasteiger partial charge in [0.2, 0.25) is 5.91 Å². The van der Waals surface area contributed by atoms with Gasteiger partial charge in [-0.25, -0.2) is 4.90 Å². The van der Waals surface area contributed by atoms with Gasteiger partial charge in [-0.15, -0.1) is 0 Å². The predicted molar refractivity (Wildman–Crippen MR) is 94.6 cm³/mol. The molecule has 118 valence electrons. The first kappa shape index (κ1) is 15.7. The summed E-state index contributed by atoms with van der Waals surface area (Å²) in [6, 6.07) is 12.7. The molecule has 0 aliphatic carbocycles. The van der Waals surface area contributed by atoms with Crippen molar-refractivity contribution in [3.8, 4) is 0 Å². The van der Waals surface area contributed by atoms with E-state index in [0.29, 0.717) is 5.69 Å². The van der Waals surface area contributed by atoms with Gasteiger partial charge in [0.05, 0.1) is 12.1 Å². The number of nitrogens with one attached hydrogen (secondary N) is 1. The SMILES string of the molecule is Cc1cc(C)cc(N[C@H]2CC(=O)N(c3ccc(Br)cc3)C2=O)c1. The van der Waals surface area contributed by atoms with E-state index in [-0.39, 0.29) is 18.2 Å². The molecular formula is C18H17BrN2O2. The van der Waals surface area contributed by atoms with Crippen LogP contribution in [0.4, 0.5) is 11.4 Å². The highest BCUT2D eigenvalue weighted by atomic mass is 79.9. The maximum atomic E-state index is 12.6. The first-order chi connectivity index (χ1) is 10.9. The van der Waals surface area contributed by atoms with Crippen molar-refractivity contribution in [1.29, 1.82) is 0 Å². The van der Waals surface area contributed by atoms with Crippen molar-refractivity contribution in [1.82, 2.24) is 0 Å². The summed E-state index contributed by atoms with van der Waals surface area (Å²) in [6.07, 6.45) is 0.169. The smallest absolute Gasteiger partial charge is 0.256 e. The van der Waals surface area contributed by atoms with Crippen molar-refractivity contribution in [3.05, 3.63) is 58.1 Å². The fraction of sp³-hybridized carbons (Fsp3) is 0.222. The lowest BCUT2D eigenvalue weighted by atomic mass is 10.1. The van der Waals surface area contributed by atoms with E-state index in [1.165, 1.54) is 4.90 Å². The standard InChI is InChI=1S/C18H17BrN2O2/c1-11-7-12(2)9-14(8-11)20-16-10-17(22)21(18(16)23)15-5-3-13(19)4-6-15/h3-9,16,20H,10H2,1-2H3/t16-/m0/s1. The van der Waals surface area contributed by atoms with Gasteiger partial charge < -0.3 is 5.32 Å². The van der Waals surface area contributed by atoms with Crippen LogP contribution in [0.2, 0.25) is 0 Å². The van der Waals surface area contributed by atoms with Crippen molar-refractivity contribution in [2.24, 2.45) is 0 Å². The van der Waals surface area contributed by atoms with Gasteiger partial charge >= 0.3 is 0 Å². The summed E-state index contributed by atoms with van der Waals surface area (Å²) < 4.78 is 0.908. The third kappa shape index (κ3) is 3.29. The van der Waals surface area contributed by atoms with Crippen molar-refractivity contribution in [3.63, 3.8) is 0 Å². The molecule has 23 heavy (non-hydrogen) atoms. The monoisotopic (exact) mass is 372 g/mol. The summed E-state index contributed by atoms with van der Waals surface area (Å²) in [5.41, 5.74) is 3.71. The van der Waals surface area contributed by atoms with Crippen LogP contribution in [0.1, 0.15) is 17.5 Å². The van der Waals surface area contributed by atoms with Gasteiger partial charge in [-0.2, -0.15) is 0 Å². The van der Waals surface area contributed by atoms with Gasteiger partial charge in [0.25, 0.3) is 5.91 Å². The summed E-state index contributed by atoms with van der Waals surface area (Å²) in [7, 11) is 0. The Bertz CT molecular complexity index is 751. The van der Waals surface area contributed by atoms with Crippen molar-refractivity contribution in [2.75, 3.05) is 10.2 Å². The maximum Gasteiger partial charge on any atom is 0.256 e. The number of nitrogens with zero attached hydrogens (tertiary/aromatic N) is 1. The number of carbonyl (C=O) groups excluding carboxylic acids is 2. The predicted octanol–water partition coefficient (Wildman–Crippen LogP) is 3.81. The van der Waals surface area contributed by atoms with E-state index in [2.05, 4.69) is 27.3 Å². The minimum atomic E-state index is -0.521. The highest BCUT2D eigenvalue weighted by molar-refractivity contribution is 9.10. The highest BCUT2D eigenvalue weighted by Gasteiger charge is 2.39. The largest absolute Gasteiger partial charge is 0.373 e. The molecule has 0 bridgehead atoms. The van der Waals surface area contributed by atoms with Crippen molar-refractivity contribution in [2.45, 2.75) is 26.3 Å². The second-order valence-electron chi connectivity index (χ2n) is 5.82. The van der Waals surface area contributed by atoms with Crippen LogP contribution in [0.3, 0.4) is 0 Å². The lowest BCUT2D eigenvalue weighted by molar-refractivity contribution is -0.121. The molecule has 2 aromatic rings. The molecule has 1 aliphatic heterocycles. The van der Waals surface area contributed by atoms with Gasteiger partial charge in [-0.3, -0.25) is 9.59 Å². The fourth-order valence-electron chi connectivity index (χ4n) is 2.87. The van der Waals surface area contributed by atoms with Gasteiger partial charge in [0.1, 0.15) is 6.04 Å². The Morgan fingerprint density at radius 2 is 1.65 bits per heavy atom. The van der Waals surface area contributed by atoms with Gasteiger partial charge in [-0.1, -0.05) is 22.0 Å². The quantitative estimate of drug-likeness (QED) is 0.833. The molecule has 1 fully saturated rings. The van der Waals surface area contributed by atoms with Crippen LogP contribution in [-0.2, 0) is 9.59 Å². The second-order valence-corrected chi connectivity index (χ2v) is 6.74. The zero-order valence-corrected chi connectivity index (χ0v) is 14.6. The molecule has 5 heteroatoms. The van der Waals surface area contributed by atoms with Gasteiger partial charge in [0.15, 0.2) is 0 Å². The number of imide groups is 1. The number of amides is 2. The van der Waals surface area contributed by atoms with E-state index in [1.807, 2.05) is 38.1 Å². The molecule has 0 radical (unpaired) electrons. The minimum absolute atomic E-state index is 0.169. The van der Waals surface area contributed by atoms with Crippen LogP contribution in [0.25, 0.3) is 0 Å². The van der Waals surface area contributed by atoms with E-state index < -0.39 is 6.04 Å². The molecule has 1 atom stereocenters. The van der Waals surface area contributed by atoms with E-state index in [4.69, 9.17) is 0 Å². The molecule has 3 rings (SSSR count). The lowest BCUT2D eigenvalue weighted by Crippen LogP contribution is -2.34. The summed E-state index contributed by atoms with van der Waals surface area (Å²) in [5.74, 6) is -0.393. The van der Waals surface area contributed by atoms with Crippen LogP contribution >= 0.6 is 15.9 Å². The molecule has 4 nitrogen and oxygen atoms in total. The number of rotatable bonds is 3. The highest BCUT2D eigenvalue weighted by Crippen LogP contribution is 2.26. The third-order valence-electron chi connectivity index (χ3n) is 3.79. The van der Waals surface area contributed by atoms with Crippen LogP contribution in [0.5, 0.6) is 0 Å². The molecule has 2 aromatic carbocycles. The molecule has 1 saturated heterocycles. The summed E-state index contributed by atoms with van der Waals surface area (Å²) in [5, 5.41) is 3.19. The van der Waals surface area contributed by atoms with E-state index in [0.717, 1.165) is 21.3 Å². The molecule has 0 aromatic heterocycles. The zero-order chi connectivity index (χ0) is 16.6. The molecule has 0 spiro atoms.